The molecule has 0 saturated carbocycles. The molecule has 0 aliphatic rings. The third kappa shape index (κ3) is 31.0. The third-order valence-electron chi connectivity index (χ3n) is 17.5. The Morgan fingerprint density at radius 2 is 0.616 bits per heavy atom. The Hall–Kier alpha value is -7.56. The molecular weight excluding hydrogens is 1480 g/mol. The van der Waals surface area contributed by atoms with Gasteiger partial charge in [-0.2, -0.15) is 0 Å². The third-order valence-corrected chi connectivity index (χ3v) is 22.6. The van der Waals surface area contributed by atoms with E-state index in [1.807, 2.05) is 65.0 Å². The molecule has 6 aromatic carbocycles. The lowest BCUT2D eigenvalue weighted by atomic mass is 9.83. The fourth-order valence-electron chi connectivity index (χ4n) is 11.9. The van der Waals surface area contributed by atoms with E-state index >= 15 is 0 Å². The van der Waals surface area contributed by atoms with Gasteiger partial charge in [-0.25, -0.2) is 9.59 Å². The predicted molar refractivity (Wildman–Crippen MR) is 465 cm³/mol. The van der Waals surface area contributed by atoms with Crippen LogP contribution in [0.1, 0.15) is 276 Å². The van der Waals surface area contributed by atoms with E-state index in [-0.39, 0.29) is 94.9 Å². The van der Waals surface area contributed by atoms with Crippen LogP contribution in [0.25, 0.3) is 0 Å². The summed E-state index contributed by atoms with van der Waals surface area (Å²) in [6.45, 7) is 47.4. The molecule has 612 valence electrons. The first-order valence-corrected chi connectivity index (χ1v) is 43.0. The summed E-state index contributed by atoms with van der Waals surface area (Å²) in [7, 11) is 0. The van der Waals surface area contributed by atoms with Crippen LogP contribution in [0.5, 0.6) is 11.5 Å². The van der Waals surface area contributed by atoms with E-state index in [2.05, 4.69) is 119 Å². The quantitative estimate of drug-likeness (QED) is 0.0106. The SMILES string of the molecule is CCCOc1cc(C(=O)Cc2cc(C(C)(C)C)cc(CC(C)=O)c2SCCN)cc(C(=O)Cc2cc(C(C)(C)C)cc(CC(C)=O)c2SCCNC(=O)OC(C)(C)C)c1.CCCOc1cc(C(=O)Cc2cc(C(C)(C)C)cc(N)c2SCCC)cc(C(=O)Cc2cc(C(C)(C)C)cc(N)c2SCCNC(=O)OC(C)(C)C)c1. The van der Waals surface area contributed by atoms with Crippen LogP contribution < -0.4 is 37.3 Å². The van der Waals surface area contributed by atoms with Gasteiger partial charge in [0, 0.05) is 129 Å². The number of nitrogen functional groups attached to an aromatic ring is 2. The van der Waals surface area contributed by atoms with Crippen LogP contribution >= 0.6 is 47.0 Å². The minimum atomic E-state index is -0.630. The summed E-state index contributed by atoms with van der Waals surface area (Å²) in [6.07, 6.45) is 2.25. The molecule has 0 saturated heterocycles. The lowest BCUT2D eigenvalue weighted by Gasteiger charge is -2.24. The molecule has 0 heterocycles. The van der Waals surface area contributed by atoms with E-state index in [0.29, 0.717) is 95.2 Å². The highest BCUT2D eigenvalue weighted by molar-refractivity contribution is 8.00. The number of rotatable bonds is 36. The molecule has 6 rings (SSSR count). The fourth-order valence-corrected chi connectivity index (χ4v) is 15.8. The molecule has 112 heavy (non-hydrogen) atoms. The number of Topliss-reactive ketones (excluding diaryl/α,β-unsaturated/α-hetero) is 6. The van der Waals surface area contributed by atoms with Gasteiger partial charge in [-0.05, 0) is 206 Å². The summed E-state index contributed by atoms with van der Waals surface area (Å²) in [5.74, 6) is 2.83. The minimum Gasteiger partial charge on any atom is -0.494 e. The zero-order valence-electron chi connectivity index (χ0n) is 71.1. The number of nitrogens with two attached hydrogens (primary N) is 3. The summed E-state index contributed by atoms with van der Waals surface area (Å²) >= 11 is 6.20. The van der Waals surface area contributed by atoms with Crippen molar-refractivity contribution in [1.29, 1.82) is 0 Å². The maximum absolute atomic E-state index is 14.5. The van der Waals surface area contributed by atoms with Crippen LogP contribution in [0.4, 0.5) is 21.0 Å². The zero-order chi connectivity index (χ0) is 84.0. The maximum Gasteiger partial charge on any atom is 0.407 e. The molecule has 17 nitrogen and oxygen atoms in total. The summed E-state index contributed by atoms with van der Waals surface area (Å²) in [6, 6.07) is 26.6. The first-order valence-electron chi connectivity index (χ1n) is 39.0. The monoisotopic (exact) mass is 1610 g/mol. The number of carbonyl (C=O) groups excluding carboxylic acids is 8. The number of alkyl carbamates (subject to hydrolysis) is 2. The highest BCUT2D eigenvalue weighted by Crippen LogP contribution is 2.41. The Kier molecular flexibility index (Phi) is 35.8. The minimum absolute atomic E-state index is 0.00275. The molecule has 2 amide bonds. The number of hydrogen-bond donors (Lipinski definition) is 5. The van der Waals surface area contributed by atoms with Crippen LogP contribution in [0.3, 0.4) is 0 Å². The number of benzene rings is 6. The highest BCUT2D eigenvalue weighted by atomic mass is 32.2. The van der Waals surface area contributed by atoms with Crippen LogP contribution in [0, 0.1) is 0 Å². The number of ether oxygens (including phenoxy) is 4. The van der Waals surface area contributed by atoms with Crippen LogP contribution in [0.15, 0.2) is 105 Å². The summed E-state index contributed by atoms with van der Waals surface area (Å²) in [5.41, 5.74) is 29.0. The fraction of sp³-hybridized carbons (Fsp3) is 0.516. The Bertz CT molecular complexity index is 4310. The Morgan fingerprint density at radius 1 is 0.348 bits per heavy atom. The average Bonchev–Trinajstić information content (AvgIpc) is 0.801. The van der Waals surface area contributed by atoms with Crippen molar-refractivity contribution in [2.24, 2.45) is 5.73 Å². The van der Waals surface area contributed by atoms with Crippen molar-refractivity contribution in [3.63, 3.8) is 0 Å². The van der Waals surface area contributed by atoms with E-state index in [1.165, 1.54) is 23.5 Å². The predicted octanol–water partition coefficient (Wildman–Crippen LogP) is 20.1. The van der Waals surface area contributed by atoms with Gasteiger partial charge >= 0.3 is 12.2 Å². The van der Waals surface area contributed by atoms with Crippen molar-refractivity contribution in [3.05, 3.63) is 163 Å². The molecule has 8 N–H and O–H groups in total. The number of amides is 2. The van der Waals surface area contributed by atoms with Crippen LogP contribution in [0.2, 0.25) is 0 Å². The number of anilines is 2. The molecule has 0 radical (unpaired) electrons. The van der Waals surface area contributed by atoms with Gasteiger partial charge in [-0.15, -0.1) is 47.0 Å². The second-order valence-electron chi connectivity index (χ2n) is 34.7. The van der Waals surface area contributed by atoms with Gasteiger partial charge in [0.25, 0.3) is 0 Å². The summed E-state index contributed by atoms with van der Waals surface area (Å²) in [4.78, 5) is 110. The molecule has 0 aromatic heterocycles. The van der Waals surface area contributed by atoms with E-state index in [0.717, 1.165) is 100 Å². The van der Waals surface area contributed by atoms with E-state index in [4.69, 9.17) is 36.1 Å². The standard InChI is InChI=1S/C48H66N2O7S2.C43H61N3O5S2/c1-13-16-56-40-26-32(41(53)28-36-24-38(46(4,5)6)22-34(19-30(2)51)43(36)58-17-14-49)21-33(27-40)42(54)29-37-25-39(47(7,8)9)23-35(20-31(3)52)44(37)59-18-15-50-45(55)57-48(10,11)12;1-12-15-50-33-21-27(36(47)23-29-19-31(41(3,4)5)25-34(44)38(29)52-16-13-2)18-28(22-33)37(48)24-30-20-32(42(6,7)8)26-35(45)39(30)53-17-14-46-40(49)51-43(9,10)11/h21-27H,13-20,28-29,49H2,1-12H3,(H,50,55);18-22,25-26H,12-17,23-24,44-45H2,1-11H3,(H,46,49). The second kappa shape index (κ2) is 42.2. The second-order valence-corrected chi connectivity index (χ2v) is 39.2. The normalized spacial score (nSPS) is 12.0. The molecule has 0 aliphatic carbocycles. The number of thioether (sulfide) groups is 4. The van der Waals surface area contributed by atoms with Gasteiger partial charge in [0.1, 0.15) is 34.3 Å². The van der Waals surface area contributed by atoms with Crippen molar-refractivity contribution in [2.75, 3.05) is 67.3 Å². The van der Waals surface area contributed by atoms with E-state index in [1.54, 1.807) is 94.5 Å². The van der Waals surface area contributed by atoms with Gasteiger partial charge in [0.15, 0.2) is 23.1 Å². The summed E-state index contributed by atoms with van der Waals surface area (Å²) < 4.78 is 22.8. The van der Waals surface area contributed by atoms with Gasteiger partial charge in [0.05, 0.1) is 13.2 Å². The van der Waals surface area contributed by atoms with Crippen molar-refractivity contribution < 1.29 is 57.3 Å². The van der Waals surface area contributed by atoms with Gasteiger partial charge in [-0.3, -0.25) is 28.8 Å². The smallest absolute Gasteiger partial charge is 0.407 e. The van der Waals surface area contributed by atoms with Crippen LogP contribution in [-0.4, -0.2) is 114 Å². The van der Waals surface area contributed by atoms with Gasteiger partial charge < -0.3 is 46.8 Å². The lowest BCUT2D eigenvalue weighted by molar-refractivity contribution is -0.117. The molecule has 0 unspecified atom stereocenters. The van der Waals surface area contributed by atoms with Gasteiger partial charge in [0.2, 0.25) is 0 Å². The van der Waals surface area contributed by atoms with Crippen LogP contribution in [-0.2, 0) is 79.2 Å². The molecule has 21 heteroatoms. The first kappa shape index (κ1) is 95.0. The first-order chi connectivity index (χ1) is 52.0. The molecule has 0 atom stereocenters. The molecule has 6 aromatic rings. The number of nitrogens with one attached hydrogen (secondary N) is 2. The highest BCUT2D eigenvalue weighted by Gasteiger charge is 2.29. The maximum atomic E-state index is 14.5. The Labute approximate surface area is 685 Å². The van der Waals surface area contributed by atoms with Crippen molar-refractivity contribution >= 4 is 105 Å². The average molecular weight is 1610 g/mol. The number of ketones is 6. The zero-order valence-corrected chi connectivity index (χ0v) is 74.3. The van der Waals surface area contributed by atoms with Crippen molar-refractivity contribution in [3.8, 4) is 11.5 Å². The molecule has 0 fully saturated rings. The number of carbonyl (C=O) groups is 8. The summed E-state index contributed by atoms with van der Waals surface area (Å²) in [5, 5.41) is 5.59. The lowest BCUT2D eigenvalue weighted by Crippen LogP contribution is -2.33. The van der Waals surface area contributed by atoms with Crippen molar-refractivity contribution in [1.82, 2.24) is 10.6 Å². The molecule has 0 aliphatic heterocycles. The molecular formula is C91H127N5O12S4. The molecule has 0 bridgehead atoms. The molecule has 0 spiro atoms. The number of hydrogen-bond acceptors (Lipinski definition) is 19. The van der Waals surface area contributed by atoms with E-state index in [9.17, 15) is 38.4 Å². The topological polar surface area (TPSA) is 276 Å². The Balaban J connectivity index is 0.000000403. The largest absolute Gasteiger partial charge is 0.494 e. The van der Waals surface area contributed by atoms with Gasteiger partial charge in [-0.1, -0.05) is 140 Å². The Morgan fingerprint density at radius 3 is 0.884 bits per heavy atom. The van der Waals surface area contributed by atoms with E-state index < -0.39 is 23.4 Å². The van der Waals surface area contributed by atoms with Crippen molar-refractivity contribution in [2.45, 2.75) is 269 Å².